The van der Waals surface area contributed by atoms with Crippen molar-refractivity contribution < 1.29 is 19.1 Å². The van der Waals surface area contributed by atoms with Crippen LogP contribution in [0, 0.1) is 0 Å². The quantitative estimate of drug-likeness (QED) is 0.318. The summed E-state index contributed by atoms with van der Waals surface area (Å²) < 4.78 is 4.52. The Hall–Kier alpha value is -4.35. The van der Waals surface area contributed by atoms with Crippen LogP contribution in [0.2, 0.25) is 0 Å². The number of rotatable bonds is 5. The van der Waals surface area contributed by atoms with Gasteiger partial charge in [0.25, 0.3) is 11.5 Å². The smallest absolute Gasteiger partial charge is 0.336 e. The van der Waals surface area contributed by atoms with Crippen molar-refractivity contribution in [3.8, 4) is 0 Å². The van der Waals surface area contributed by atoms with Gasteiger partial charge in [-0.2, -0.15) is 4.98 Å². The number of fused-ring (bicyclic) bond motifs is 1. The Kier molecular flexibility index (Phi) is 5.26. The first kappa shape index (κ1) is 19.9. The number of amides is 1. The molecule has 1 aliphatic heterocycles. The Morgan fingerprint density at radius 1 is 1.19 bits per heavy atom. The standard InChI is InChI=1S/C19H17N7O5/c20-19-25-15-14(17(29)26-19)23-11(8-22-15)7-21-10-3-1-9(2-4-10)16(28)24-12-5-6-13(27)31-18(12)30/h1-4,8,12,21H,5-7H2,(H,24,28)(H3,20,22,25,26,29). The summed E-state index contributed by atoms with van der Waals surface area (Å²) in [5.41, 5.74) is 6.81. The Bertz CT molecular complexity index is 1240. The molecule has 1 unspecified atom stereocenters. The normalized spacial score (nSPS) is 16.1. The molecule has 3 aromatic rings. The number of hydrogen-bond donors (Lipinski definition) is 4. The molecule has 4 rings (SSSR count). The minimum atomic E-state index is -0.845. The second-order valence-electron chi connectivity index (χ2n) is 6.77. The number of nitrogens with one attached hydrogen (secondary N) is 3. The molecule has 0 aliphatic carbocycles. The zero-order valence-electron chi connectivity index (χ0n) is 16.0. The van der Waals surface area contributed by atoms with Crippen molar-refractivity contribution in [3.63, 3.8) is 0 Å². The van der Waals surface area contributed by atoms with Crippen molar-refractivity contribution in [3.05, 3.63) is 52.1 Å². The number of aromatic amines is 1. The van der Waals surface area contributed by atoms with Crippen LogP contribution >= 0.6 is 0 Å². The molecule has 1 atom stereocenters. The lowest BCUT2D eigenvalue weighted by molar-refractivity contribution is -0.165. The number of H-pyrrole nitrogens is 1. The van der Waals surface area contributed by atoms with Crippen LogP contribution in [0.15, 0.2) is 35.3 Å². The van der Waals surface area contributed by atoms with E-state index in [9.17, 15) is 19.2 Å². The van der Waals surface area contributed by atoms with Gasteiger partial charge in [-0.05, 0) is 30.7 Å². The fraction of sp³-hybridized carbons (Fsp3) is 0.211. The molecule has 0 bridgehead atoms. The third-order valence-corrected chi connectivity index (χ3v) is 4.55. The van der Waals surface area contributed by atoms with Crippen molar-refractivity contribution >= 4 is 40.6 Å². The number of nitrogen functional groups attached to an aromatic ring is 1. The topological polar surface area (TPSA) is 182 Å². The Morgan fingerprint density at radius 2 is 1.97 bits per heavy atom. The van der Waals surface area contributed by atoms with Crippen molar-refractivity contribution in [2.75, 3.05) is 11.1 Å². The lowest BCUT2D eigenvalue weighted by atomic mass is 10.1. The van der Waals surface area contributed by atoms with Gasteiger partial charge >= 0.3 is 11.9 Å². The van der Waals surface area contributed by atoms with Crippen molar-refractivity contribution in [2.45, 2.75) is 25.4 Å². The predicted molar refractivity (Wildman–Crippen MR) is 108 cm³/mol. The molecule has 158 valence electrons. The number of anilines is 2. The zero-order valence-corrected chi connectivity index (χ0v) is 16.0. The molecule has 12 heteroatoms. The summed E-state index contributed by atoms with van der Waals surface area (Å²) in [6.07, 6.45) is 1.77. The molecule has 2 aromatic heterocycles. The summed E-state index contributed by atoms with van der Waals surface area (Å²) in [6.45, 7) is 0.278. The van der Waals surface area contributed by atoms with Gasteiger partial charge in [0.15, 0.2) is 11.2 Å². The predicted octanol–water partition coefficient (Wildman–Crippen LogP) is -0.131. The van der Waals surface area contributed by atoms with E-state index in [1.54, 1.807) is 24.3 Å². The van der Waals surface area contributed by atoms with Crippen molar-refractivity contribution in [1.82, 2.24) is 25.3 Å². The maximum absolute atomic E-state index is 12.3. The maximum Gasteiger partial charge on any atom is 0.336 e. The van der Waals surface area contributed by atoms with Gasteiger partial charge in [0.2, 0.25) is 5.95 Å². The number of nitrogens with zero attached hydrogens (tertiary/aromatic N) is 3. The molecule has 1 fully saturated rings. The van der Waals surface area contributed by atoms with Crippen LogP contribution in [-0.2, 0) is 20.9 Å². The minimum absolute atomic E-state index is 0.0318. The molecule has 1 aromatic carbocycles. The van der Waals surface area contributed by atoms with Crippen molar-refractivity contribution in [2.24, 2.45) is 0 Å². The number of cyclic esters (lactones) is 2. The van der Waals surface area contributed by atoms with E-state index in [1.807, 2.05) is 0 Å². The molecule has 0 spiro atoms. The van der Waals surface area contributed by atoms with E-state index < -0.39 is 29.4 Å². The van der Waals surface area contributed by atoms with Crippen LogP contribution in [0.4, 0.5) is 11.6 Å². The zero-order chi connectivity index (χ0) is 22.0. The van der Waals surface area contributed by atoms with Crippen molar-refractivity contribution in [1.29, 1.82) is 0 Å². The molecule has 1 amide bonds. The van der Waals surface area contributed by atoms with Gasteiger partial charge in [0.1, 0.15) is 6.04 Å². The van der Waals surface area contributed by atoms with Crippen LogP contribution in [0.25, 0.3) is 11.2 Å². The summed E-state index contributed by atoms with van der Waals surface area (Å²) in [7, 11) is 0. The van der Waals surface area contributed by atoms with Crippen LogP contribution in [0.1, 0.15) is 28.9 Å². The summed E-state index contributed by atoms with van der Waals surface area (Å²) in [5, 5.41) is 5.67. The molecular formula is C19H17N7O5. The summed E-state index contributed by atoms with van der Waals surface area (Å²) in [5.74, 6) is -1.83. The van der Waals surface area contributed by atoms with Gasteiger partial charge in [-0.3, -0.25) is 19.4 Å². The summed E-state index contributed by atoms with van der Waals surface area (Å²) in [4.78, 5) is 61.6. The molecule has 12 nitrogen and oxygen atoms in total. The van der Waals surface area contributed by atoms with Gasteiger partial charge in [-0.25, -0.2) is 14.8 Å². The van der Waals surface area contributed by atoms with E-state index in [-0.39, 0.29) is 36.5 Å². The monoisotopic (exact) mass is 423 g/mol. The Labute approximate surface area is 174 Å². The molecule has 1 saturated heterocycles. The maximum atomic E-state index is 12.3. The van der Waals surface area contributed by atoms with E-state index in [0.717, 1.165) is 0 Å². The molecule has 31 heavy (non-hydrogen) atoms. The van der Waals surface area contributed by atoms with E-state index in [2.05, 4.69) is 35.3 Å². The summed E-state index contributed by atoms with van der Waals surface area (Å²) >= 11 is 0. The average molecular weight is 423 g/mol. The minimum Gasteiger partial charge on any atom is -0.392 e. The van der Waals surface area contributed by atoms with E-state index in [0.29, 0.717) is 16.9 Å². The third kappa shape index (κ3) is 4.47. The molecule has 1 aliphatic rings. The van der Waals surface area contributed by atoms with Gasteiger partial charge in [-0.1, -0.05) is 0 Å². The SMILES string of the molecule is Nc1nc2ncc(CNc3ccc(C(=O)NC4CCC(=O)OC4=O)cc3)nc2c(=O)[nH]1. The molecule has 0 radical (unpaired) electrons. The first-order valence-corrected chi connectivity index (χ1v) is 9.30. The second kappa shape index (κ2) is 8.18. The number of carbonyl (C=O) groups is 3. The number of carbonyl (C=O) groups excluding carboxylic acids is 3. The largest absolute Gasteiger partial charge is 0.392 e. The van der Waals surface area contributed by atoms with Crippen LogP contribution in [-0.4, -0.2) is 43.8 Å². The third-order valence-electron chi connectivity index (χ3n) is 4.55. The van der Waals surface area contributed by atoms with E-state index in [1.165, 1.54) is 6.20 Å². The highest BCUT2D eigenvalue weighted by Gasteiger charge is 2.30. The fourth-order valence-corrected chi connectivity index (χ4v) is 2.98. The highest BCUT2D eigenvalue weighted by atomic mass is 16.6. The number of nitrogens with two attached hydrogens (primary N) is 1. The van der Waals surface area contributed by atoms with Gasteiger partial charge in [0.05, 0.1) is 18.4 Å². The van der Waals surface area contributed by atoms with Gasteiger partial charge in [0, 0.05) is 17.7 Å². The Balaban J connectivity index is 1.38. The highest BCUT2D eigenvalue weighted by molar-refractivity contribution is 5.99. The molecule has 3 heterocycles. The van der Waals surface area contributed by atoms with Gasteiger partial charge < -0.3 is 21.1 Å². The number of benzene rings is 1. The number of ether oxygens (including phenoxy) is 1. The van der Waals surface area contributed by atoms with E-state index >= 15 is 0 Å². The highest BCUT2D eigenvalue weighted by Crippen LogP contribution is 2.14. The lowest BCUT2D eigenvalue weighted by Crippen LogP contribution is -2.45. The summed E-state index contributed by atoms with van der Waals surface area (Å²) in [6, 6.07) is 5.69. The molecule has 5 N–H and O–H groups in total. The molecule has 0 saturated carbocycles. The number of aromatic nitrogens is 4. The van der Waals surface area contributed by atoms with Crippen LogP contribution < -0.4 is 21.9 Å². The first-order valence-electron chi connectivity index (χ1n) is 9.30. The van der Waals surface area contributed by atoms with Gasteiger partial charge in [-0.15, -0.1) is 0 Å². The first-order chi connectivity index (χ1) is 14.9. The van der Waals surface area contributed by atoms with E-state index in [4.69, 9.17) is 5.73 Å². The lowest BCUT2D eigenvalue weighted by Gasteiger charge is -2.20. The second-order valence-corrected chi connectivity index (χ2v) is 6.77. The number of esters is 2. The molecular weight excluding hydrogens is 406 g/mol. The average Bonchev–Trinajstić information content (AvgIpc) is 2.74. The fourth-order valence-electron chi connectivity index (χ4n) is 2.98. The van der Waals surface area contributed by atoms with Crippen LogP contribution in [0.5, 0.6) is 0 Å². The van der Waals surface area contributed by atoms with Crippen LogP contribution in [0.3, 0.4) is 0 Å². The Morgan fingerprint density at radius 3 is 2.71 bits per heavy atom. The number of hydrogen-bond acceptors (Lipinski definition) is 10.